The molecule has 184 valence electrons. The molecular weight excluding hydrogens is 479 g/mol. The van der Waals surface area contributed by atoms with Crippen LogP contribution in [0.1, 0.15) is 12.8 Å². The largest absolute Gasteiger partial charge is 0.573 e. The number of halogens is 3. The van der Waals surface area contributed by atoms with Crippen LogP contribution in [0.5, 0.6) is 5.75 Å². The zero-order valence-electron chi connectivity index (χ0n) is 19.0. The van der Waals surface area contributed by atoms with Gasteiger partial charge < -0.3 is 15.0 Å². The zero-order valence-corrected chi connectivity index (χ0v) is 19.8. The van der Waals surface area contributed by atoms with Crippen LogP contribution < -0.4 is 15.0 Å². The van der Waals surface area contributed by atoms with Crippen LogP contribution in [0.25, 0.3) is 11.4 Å². The summed E-state index contributed by atoms with van der Waals surface area (Å²) in [5.41, 5.74) is 1.03. The molecule has 35 heavy (non-hydrogen) atoms. The maximum Gasteiger partial charge on any atom is 0.573 e. The highest BCUT2D eigenvalue weighted by atomic mass is 32.2. The summed E-state index contributed by atoms with van der Waals surface area (Å²) in [5, 5.41) is 3.00. The lowest BCUT2D eigenvalue weighted by Gasteiger charge is -2.54. The number of piperidine rings is 1. The summed E-state index contributed by atoms with van der Waals surface area (Å²) in [6.45, 7) is 3.97. The highest BCUT2D eigenvalue weighted by Crippen LogP contribution is 2.43. The quantitative estimate of drug-likeness (QED) is 0.479. The third-order valence-electron chi connectivity index (χ3n) is 6.27. The number of hydrogen-bond donors (Lipinski definition) is 1. The van der Waals surface area contributed by atoms with Gasteiger partial charge in [-0.15, -0.1) is 13.2 Å². The number of rotatable bonds is 6. The van der Waals surface area contributed by atoms with Gasteiger partial charge in [0, 0.05) is 67.9 Å². The smallest absolute Gasteiger partial charge is 0.406 e. The number of nitrogens with one attached hydrogen (secondary N) is 1. The Hall–Kier alpha value is -3.12. The van der Waals surface area contributed by atoms with Crippen LogP contribution >= 0.6 is 11.9 Å². The average molecular weight is 504 g/mol. The second kappa shape index (κ2) is 9.50. The van der Waals surface area contributed by atoms with Crippen molar-refractivity contribution in [2.24, 2.45) is 5.41 Å². The summed E-state index contributed by atoms with van der Waals surface area (Å²) in [5.74, 6) is 1.46. The van der Waals surface area contributed by atoms with E-state index in [1.165, 1.54) is 12.3 Å². The first-order valence-corrected chi connectivity index (χ1v) is 12.3. The number of pyridine rings is 2. The predicted octanol–water partition coefficient (Wildman–Crippen LogP) is 4.76. The Morgan fingerprint density at radius 1 is 1.06 bits per heavy atom. The maximum atomic E-state index is 12.6. The Morgan fingerprint density at radius 3 is 2.54 bits per heavy atom. The first kappa shape index (κ1) is 23.6. The summed E-state index contributed by atoms with van der Waals surface area (Å²) in [6.07, 6.45) is 4.21. The number of hydrogen-bond acceptors (Lipinski definition) is 9. The van der Waals surface area contributed by atoms with Crippen LogP contribution in [0.3, 0.4) is 0 Å². The van der Waals surface area contributed by atoms with Gasteiger partial charge in [0.05, 0.1) is 0 Å². The van der Waals surface area contributed by atoms with E-state index in [-0.39, 0.29) is 11.6 Å². The number of alkyl halides is 3. The van der Waals surface area contributed by atoms with Crippen LogP contribution in [0.2, 0.25) is 0 Å². The monoisotopic (exact) mass is 503 g/mol. The Morgan fingerprint density at radius 2 is 1.86 bits per heavy atom. The highest BCUT2D eigenvalue weighted by molar-refractivity contribution is 7.96. The molecule has 2 fully saturated rings. The molecule has 2 saturated heterocycles. The lowest BCUT2D eigenvalue weighted by atomic mass is 9.72. The van der Waals surface area contributed by atoms with Crippen molar-refractivity contribution in [1.82, 2.24) is 24.2 Å². The zero-order chi connectivity index (χ0) is 24.5. The van der Waals surface area contributed by atoms with Gasteiger partial charge in [-0.1, -0.05) is 11.9 Å². The van der Waals surface area contributed by atoms with Gasteiger partial charge in [-0.05, 0) is 37.3 Å². The minimum atomic E-state index is -4.78. The highest BCUT2D eigenvalue weighted by Gasteiger charge is 2.45. The lowest BCUT2D eigenvalue weighted by molar-refractivity contribution is -0.274. The molecule has 3 aromatic heterocycles. The first-order chi connectivity index (χ1) is 16.8. The molecule has 2 aliphatic rings. The van der Waals surface area contributed by atoms with Gasteiger partial charge in [0.2, 0.25) is 0 Å². The molecule has 0 aromatic carbocycles. The van der Waals surface area contributed by atoms with E-state index in [9.17, 15) is 13.2 Å². The fourth-order valence-electron chi connectivity index (χ4n) is 4.48. The molecule has 8 nitrogen and oxygen atoms in total. The van der Waals surface area contributed by atoms with Crippen molar-refractivity contribution in [3.05, 3.63) is 48.9 Å². The molecule has 12 heteroatoms. The first-order valence-electron chi connectivity index (χ1n) is 11.1. The van der Waals surface area contributed by atoms with Gasteiger partial charge in [-0.2, -0.15) is 0 Å². The van der Waals surface area contributed by atoms with E-state index in [1.54, 1.807) is 36.5 Å². The van der Waals surface area contributed by atoms with Crippen LogP contribution in [0.4, 0.5) is 30.6 Å². The molecule has 1 spiro atoms. The van der Waals surface area contributed by atoms with Gasteiger partial charge in [0.15, 0.2) is 5.82 Å². The SMILES string of the molecule is CSN1CCC2(CC1)CN(c1cc(Nc3cc(OC(F)(F)F)ccn3)nc(-c3cccnc3)n1)C2. The molecular formula is C23H24F3N7OS. The molecule has 0 amide bonds. The molecule has 5 heterocycles. The maximum absolute atomic E-state index is 12.6. The van der Waals surface area contributed by atoms with Crippen molar-refractivity contribution < 1.29 is 17.9 Å². The van der Waals surface area contributed by atoms with Crippen molar-refractivity contribution >= 4 is 29.4 Å². The normalized spacial score (nSPS) is 17.8. The van der Waals surface area contributed by atoms with E-state index in [2.05, 4.69) is 40.5 Å². The number of nitrogens with zero attached hydrogens (tertiary/aromatic N) is 6. The summed E-state index contributed by atoms with van der Waals surface area (Å²) in [6, 6.07) is 7.78. The topological polar surface area (TPSA) is 79.3 Å². The van der Waals surface area contributed by atoms with Crippen LogP contribution in [-0.2, 0) is 0 Å². The van der Waals surface area contributed by atoms with Crippen LogP contribution in [0.15, 0.2) is 48.9 Å². The molecule has 0 atom stereocenters. The van der Waals surface area contributed by atoms with Crippen LogP contribution in [-0.4, -0.2) is 63.0 Å². The Labute approximate surface area is 205 Å². The van der Waals surface area contributed by atoms with Gasteiger partial charge in [0.25, 0.3) is 0 Å². The Bertz CT molecular complexity index is 1170. The third-order valence-corrected chi connectivity index (χ3v) is 7.15. The van der Waals surface area contributed by atoms with E-state index in [0.29, 0.717) is 17.1 Å². The van der Waals surface area contributed by atoms with Crippen LogP contribution in [0, 0.1) is 5.41 Å². The summed E-state index contributed by atoms with van der Waals surface area (Å²) >= 11 is 1.79. The fraction of sp³-hybridized carbons (Fsp3) is 0.391. The van der Waals surface area contributed by atoms with Gasteiger partial charge in [0.1, 0.15) is 23.2 Å². The fourth-order valence-corrected chi connectivity index (χ4v) is 5.02. The summed E-state index contributed by atoms with van der Waals surface area (Å²) in [7, 11) is 0. The summed E-state index contributed by atoms with van der Waals surface area (Å²) in [4.78, 5) is 19.8. The minimum Gasteiger partial charge on any atom is -0.406 e. The van der Waals surface area contributed by atoms with E-state index >= 15 is 0 Å². The Kier molecular flexibility index (Phi) is 6.41. The Balaban J connectivity index is 1.39. The second-order valence-corrected chi connectivity index (χ2v) is 9.58. The third kappa shape index (κ3) is 5.59. The average Bonchev–Trinajstić information content (AvgIpc) is 2.82. The van der Waals surface area contributed by atoms with Gasteiger partial charge in [-0.3, -0.25) is 9.29 Å². The molecule has 1 N–H and O–H groups in total. The molecule has 0 saturated carbocycles. The molecule has 5 rings (SSSR count). The molecule has 0 aliphatic carbocycles. The van der Waals surface area contributed by atoms with Crippen molar-refractivity contribution in [3.63, 3.8) is 0 Å². The van der Waals surface area contributed by atoms with Crippen molar-refractivity contribution in [2.45, 2.75) is 19.2 Å². The van der Waals surface area contributed by atoms with E-state index < -0.39 is 6.36 Å². The van der Waals surface area contributed by atoms with E-state index in [1.807, 2.05) is 6.07 Å². The molecule has 2 aliphatic heterocycles. The van der Waals surface area contributed by atoms with Gasteiger partial charge >= 0.3 is 6.36 Å². The minimum absolute atomic E-state index is 0.179. The summed E-state index contributed by atoms with van der Waals surface area (Å²) < 4.78 is 44.3. The van der Waals surface area contributed by atoms with Crippen molar-refractivity contribution in [1.29, 1.82) is 0 Å². The van der Waals surface area contributed by atoms with E-state index in [4.69, 9.17) is 4.98 Å². The standard InChI is InChI=1S/C23H24F3N7OS/c1-35-33-9-5-22(6-10-33)14-32(15-22)20-12-19(30-21(31-20)16-3-2-7-27-13-16)29-18-11-17(4-8-28-18)34-23(24,25)26/h2-4,7-8,11-13H,5-6,9-10,14-15H2,1H3,(H,28,29,30,31). The second-order valence-electron chi connectivity index (χ2n) is 8.69. The predicted molar refractivity (Wildman–Crippen MR) is 128 cm³/mol. The van der Waals surface area contributed by atoms with Gasteiger partial charge in [-0.25, -0.2) is 15.0 Å². The number of aromatic nitrogens is 4. The number of anilines is 3. The molecule has 0 unspecified atom stereocenters. The molecule has 0 bridgehead atoms. The lowest BCUT2D eigenvalue weighted by Crippen LogP contribution is -2.60. The molecule has 3 aromatic rings. The van der Waals surface area contributed by atoms with Crippen molar-refractivity contribution in [3.8, 4) is 17.1 Å². The number of ether oxygens (including phenoxy) is 1. The van der Waals surface area contributed by atoms with Crippen molar-refractivity contribution in [2.75, 3.05) is 42.7 Å². The van der Waals surface area contributed by atoms with E-state index in [0.717, 1.165) is 56.5 Å². The molecule has 0 radical (unpaired) electrons.